The van der Waals surface area contributed by atoms with E-state index in [4.69, 9.17) is 0 Å². The van der Waals surface area contributed by atoms with Crippen LogP contribution < -0.4 is 0 Å². The van der Waals surface area contributed by atoms with Crippen molar-refractivity contribution < 1.29 is 10.2 Å². The second-order valence-electron chi connectivity index (χ2n) is 5.98. The van der Waals surface area contributed by atoms with Crippen molar-refractivity contribution in [1.29, 1.82) is 0 Å². The van der Waals surface area contributed by atoms with Crippen molar-refractivity contribution in [2.75, 3.05) is 0 Å². The number of hydrogen-bond donors (Lipinski definition) is 2. The third kappa shape index (κ3) is 2.10. The van der Waals surface area contributed by atoms with E-state index in [2.05, 4.69) is 36.4 Å². The summed E-state index contributed by atoms with van der Waals surface area (Å²) in [6.07, 6.45) is 0. The molecule has 0 amide bonds. The molecule has 0 fully saturated rings. The highest BCUT2D eigenvalue weighted by atomic mass is 31.1. The molecule has 2 nitrogen and oxygen atoms in total. The van der Waals surface area contributed by atoms with Crippen LogP contribution in [-0.4, -0.2) is 10.2 Å². The summed E-state index contributed by atoms with van der Waals surface area (Å²) in [5.74, 6) is 0.611. The van der Waals surface area contributed by atoms with Crippen LogP contribution in [0.3, 0.4) is 0 Å². The summed E-state index contributed by atoms with van der Waals surface area (Å²) in [6.45, 7) is 3.86. The summed E-state index contributed by atoms with van der Waals surface area (Å²) in [4.78, 5) is 0. The number of fused-ring (bicyclic) bond motifs is 3. The van der Waals surface area contributed by atoms with E-state index in [1.807, 2.05) is 32.0 Å². The van der Waals surface area contributed by atoms with Gasteiger partial charge in [-0.3, -0.25) is 0 Å². The maximum atomic E-state index is 10.1. The molecule has 0 aliphatic carbocycles. The Morgan fingerprint density at radius 2 is 1.17 bits per heavy atom. The van der Waals surface area contributed by atoms with E-state index in [-0.39, 0.29) is 0 Å². The van der Waals surface area contributed by atoms with Crippen molar-refractivity contribution in [2.45, 2.75) is 13.8 Å². The van der Waals surface area contributed by atoms with Crippen LogP contribution in [-0.2, 0) is 0 Å². The lowest BCUT2D eigenvalue weighted by molar-refractivity contribution is 0.471. The number of hydrogen-bond acceptors (Lipinski definition) is 2. The Hall–Kier alpha value is -2.44. The zero-order chi connectivity index (χ0) is 16.1. The van der Waals surface area contributed by atoms with Crippen LogP contribution >= 0.6 is 7.53 Å². The van der Waals surface area contributed by atoms with Gasteiger partial charge < -0.3 is 10.2 Å². The predicted molar refractivity (Wildman–Crippen MR) is 98.3 cm³/mol. The normalized spacial score (nSPS) is 11.4. The van der Waals surface area contributed by atoms with Gasteiger partial charge in [-0.05, 0) is 65.3 Å². The number of aromatic hydroxyl groups is 2. The molecule has 2 N–H and O–H groups in total. The Morgan fingerprint density at radius 1 is 0.696 bits per heavy atom. The van der Waals surface area contributed by atoms with Crippen LogP contribution in [0.1, 0.15) is 11.1 Å². The smallest absolute Gasteiger partial charge is 0.119 e. The second-order valence-corrected chi connectivity index (χ2v) is 8.13. The van der Waals surface area contributed by atoms with Crippen LogP contribution in [0.15, 0.2) is 54.6 Å². The molecule has 4 rings (SSSR count). The standard InChI is InChI=1S/C20H17O2P/c1-12-8-19-15(10-17(12)21)16-11-18(22)13(2)9-20(16)23(19)14-6-4-3-5-7-14/h3-11,21-22H,1-2H3. The first-order valence-corrected chi connectivity index (χ1v) is 8.93. The maximum Gasteiger partial charge on any atom is 0.119 e. The van der Waals surface area contributed by atoms with Crippen molar-refractivity contribution in [3.8, 4) is 16.8 Å². The van der Waals surface area contributed by atoms with Gasteiger partial charge in [0.2, 0.25) is 0 Å². The third-order valence-corrected chi connectivity index (χ3v) is 6.93. The SMILES string of the molecule is Cc1cc2c(cc1O)c1cc(O)c(C)cc1p2-c1ccccc1. The van der Waals surface area contributed by atoms with Crippen LogP contribution in [0.4, 0.5) is 0 Å². The van der Waals surface area contributed by atoms with Gasteiger partial charge in [0.05, 0.1) is 0 Å². The van der Waals surface area contributed by atoms with Gasteiger partial charge in [-0.2, -0.15) is 0 Å². The molecule has 3 aromatic carbocycles. The topological polar surface area (TPSA) is 40.5 Å². The van der Waals surface area contributed by atoms with E-state index in [1.54, 1.807) is 0 Å². The van der Waals surface area contributed by atoms with Crippen LogP contribution in [0.25, 0.3) is 26.3 Å². The molecule has 4 aromatic rings. The molecule has 0 radical (unpaired) electrons. The Bertz CT molecular complexity index is 981. The molecule has 0 atom stereocenters. The molecule has 1 aromatic heterocycles. The van der Waals surface area contributed by atoms with Gasteiger partial charge in [-0.15, -0.1) is 0 Å². The van der Waals surface area contributed by atoms with E-state index in [9.17, 15) is 10.2 Å². The molecule has 114 valence electrons. The lowest BCUT2D eigenvalue weighted by atomic mass is 10.1. The van der Waals surface area contributed by atoms with E-state index in [0.29, 0.717) is 11.5 Å². The van der Waals surface area contributed by atoms with Gasteiger partial charge in [0.15, 0.2) is 0 Å². The summed E-state index contributed by atoms with van der Waals surface area (Å²) in [5, 5.41) is 26.1. The van der Waals surface area contributed by atoms with E-state index >= 15 is 0 Å². The summed E-state index contributed by atoms with van der Waals surface area (Å²) in [6, 6.07) is 18.3. The fourth-order valence-corrected chi connectivity index (χ4v) is 5.93. The molecule has 1 heterocycles. The minimum Gasteiger partial charge on any atom is -0.508 e. The number of phenols is 2. The zero-order valence-electron chi connectivity index (χ0n) is 13.0. The Balaban J connectivity index is 2.25. The van der Waals surface area contributed by atoms with Gasteiger partial charge in [0.1, 0.15) is 11.5 Å². The van der Waals surface area contributed by atoms with Crippen molar-refractivity contribution in [1.82, 2.24) is 0 Å². The van der Waals surface area contributed by atoms with Crippen molar-refractivity contribution in [3.63, 3.8) is 0 Å². The molecule has 0 aliphatic heterocycles. The first kappa shape index (κ1) is 14.2. The van der Waals surface area contributed by atoms with Gasteiger partial charge in [-0.1, -0.05) is 37.9 Å². The highest BCUT2D eigenvalue weighted by molar-refractivity contribution is 7.67. The number of benzene rings is 3. The fraction of sp³-hybridized carbons (Fsp3) is 0.100. The van der Waals surface area contributed by atoms with E-state index in [1.165, 1.54) is 15.5 Å². The lowest BCUT2D eigenvalue weighted by Gasteiger charge is -2.05. The van der Waals surface area contributed by atoms with Gasteiger partial charge in [0, 0.05) is 10.2 Å². The zero-order valence-corrected chi connectivity index (χ0v) is 13.9. The van der Waals surface area contributed by atoms with Crippen LogP contribution in [0.2, 0.25) is 0 Å². The molecule has 3 heteroatoms. The average molecular weight is 320 g/mol. The molecule has 0 aliphatic rings. The fourth-order valence-electron chi connectivity index (χ4n) is 3.15. The van der Waals surface area contributed by atoms with Crippen LogP contribution in [0, 0.1) is 13.8 Å². The van der Waals surface area contributed by atoms with Crippen molar-refractivity contribution in [3.05, 3.63) is 65.7 Å². The minimum atomic E-state index is -0.651. The van der Waals surface area contributed by atoms with Crippen molar-refractivity contribution >= 4 is 28.5 Å². The maximum absolute atomic E-state index is 10.1. The first-order chi connectivity index (χ1) is 11.1. The Morgan fingerprint density at radius 3 is 1.65 bits per heavy atom. The largest absolute Gasteiger partial charge is 0.508 e. The Labute approximate surface area is 135 Å². The van der Waals surface area contributed by atoms with Crippen LogP contribution in [0.5, 0.6) is 11.5 Å². The first-order valence-electron chi connectivity index (χ1n) is 7.59. The third-order valence-electron chi connectivity index (χ3n) is 4.41. The molecule has 0 saturated carbocycles. The quantitative estimate of drug-likeness (QED) is 0.452. The molecule has 0 bridgehead atoms. The highest BCUT2D eigenvalue weighted by Crippen LogP contribution is 2.56. The molecular weight excluding hydrogens is 303 g/mol. The van der Waals surface area contributed by atoms with Crippen molar-refractivity contribution in [2.24, 2.45) is 0 Å². The second kappa shape index (κ2) is 5.04. The molecule has 23 heavy (non-hydrogen) atoms. The van der Waals surface area contributed by atoms with E-state index in [0.717, 1.165) is 21.9 Å². The Kier molecular flexibility index (Phi) is 3.11. The molecular formula is C20H17O2P. The number of phenolic OH excluding ortho intramolecular Hbond substituents is 2. The number of rotatable bonds is 1. The average Bonchev–Trinajstić information content (AvgIpc) is 2.82. The van der Waals surface area contributed by atoms with E-state index < -0.39 is 7.53 Å². The minimum absolute atomic E-state index is 0.305. The lowest BCUT2D eigenvalue weighted by Crippen LogP contribution is -1.75. The highest BCUT2D eigenvalue weighted by Gasteiger charge is 2.16. The summed E-state index contributed by atoms with van der Waals surface area (Å²) in [7, 11) is -0.651. The monoisotopic (exact) mass is 320 g/mol. The molecule has 0 unspecified atom stereocenters. The predicted octanol–water partition coefficient (Wildman–Crippen LogP) is 6.00. The summed E-state index contributed by atoms with van der Waals surface area (Å²) < 4.78 is 0. The van der Waals surface area contributed by atoms with Gasteiger partial charge in [-0.25, -0.2) is 0 Å². The molecule has 0 spiro atoms. The molecule has 0 saturated heterocycles. The summed E-state index contributed by atoms with van der Waals surface area (Å²) >= 11 is 0. The summed E-state index contributed by atoms with van der Waals surface area (Å²) in [5.41, 5.74) is 1.78. The number of aryl methyl sites for hydroxylation is 2. The van der Waals surface area contributed by atoms with Gasteiger partial charge >= 0.3 is 0 Å². The van der Waals surface area contributed by atoms with Gasteiger partial charge in [0.25, 0.3) is 0 Å².